The third kappa shape index (κ3) is 1.43. The molecule has 1 aliphatic rings. The lowest BCUT2D eigenvalue weighted by atomic mass is 10.2. The molecule has 1 heterocycles. The molecule has 0 unspecified atom stereocenters. The maximum atomic E-state index is 10.9. The van der Waals surface area contributed by atoms with Crippen molar-refractivity contribution in [1.82, 2.24) is 5.32 Å². The summed E-state index contributed by atoms with van der Waals surface area (Å²) < 4.78 is 0. The molecule has 0 saturated carbocycles. The third-order valence-electron chi connectivity index (χ3n) is 1.51. The maximum Gasteiger partial charge on any atom is 0.247 e. The summed E-state index contributed by atoms with van der Waals surface area (Å²) in [6.07, 6.45) is 0.00366. The Morgan fingerprint density at radius 3 is 2.83 bits per heavy atom. The Morgan fingerprint density at radius 1 is 1.75 bits per heavy atom. The quantitative estimate of drug-likeness (QED) is 0.351. The molecule has 0 bridgehead atoms. The zero-order chi connectivity index (χ0) is 9.14. The first kappa shape index (κ1) is 8.29. The predicted molar refractivity (Wildman–Crippen MR) is 39.6 cm³/mol. The first-order valence-corrected chi connectivity index (χ1v) is 3.24. The molecule has 0 aromatic heterocycles. The summed E-state index contributed by atoms with van der Waals surface area (Å²) in [5, 5.41) is 5.33. The Labute approximate surface area is 67.9 Å². The van der Waals surface area contributed by atoms with Crippen LogP contribution >= 0.6 is 0 Å². The molecule has 0 radical (unpaired) electrons. The standard InChI is InChI=1S/C6H6N4O2/c1-3-4(2-5(11)8-3)6(12)9-10-7/h2H2,1H3,(H,8,11). The minimum Gasteiger partial charge on any atom is -0.329 e. The highest BCUT2D eigenvalue weighted by atomic mass is 16.2. The van der Waals surface area contributed by atoms with Gasteiger partial charge < -0.3 is 5.32 Å². The lowest BCUT2D eigenvalue weighted by molar-refractivity contribution is -0.120. The van der Waals surface area contributed by atoms with Crippen LogP contribution in [0.5, 0.6) is 0 Å². The van der Waals surface area contributed by atoms with Crippen molar-refractivity contribution in [2.45, 2.75) is 13.3 Å². The van der Waals surface area contributed by atoms with Gasteiger partial charge in [-0.3, -0.25) is 9.59 Å². The van der Waals surface area contributed by atoms with Gasteiger partial charge in [0.05, 0.1) is 6.42 Å². The first-order chi connectivity index (χ1) is 5.65. The van der Waals surface area contributed by atoms with Crippen molar-refractivity contribution in [3.05, 3.63) is 21.7 Å². The van der Waals surface area contributed by atoms with Crippen LogP contribution in [0.4, 0.5) is 0 Å². The topological polar surface area (TPSA) is 94.9 Å². The van der Waals surface area contributed by atoms with Gasteiger partial charge in [-0.05, 0) is 17.6 Å². The van der Waals surface area contributed by atoms with Crippen LogP contribution in [0.1, 0.15) is 13.3 Å². The smallest absolute Gasteiger partial charge is 0.247 e. The van der Waals surface area contributed by atoms with Crippen LogP contribution in [0.2, 0.25) is 0 Å². The van der Waals surface area contributed by atoms with Crippen molar-refractivity contribution in [3.8, 4) is 0 Å². The summed E-state index contributed by atoms with van der Waals surface area (Å²) in [7, 11) is 0. The van der Waals surface area contributed by atoms with Crippen LogP contribution in [0.25, 0.3) is 10.4 Å². The van der Waals surface area contributed by atoms with Gasteiger partial charge in [-0.1, -0.05) is 0 Å². The van der Waals surface area contributed by atoms with E-state index in [1.54, 1.807) is 6.92 Å². The number of rotatable bonds is 1. The molecule has 0 spiro atoms. The summed E-state index contributed by atoms with van der Waals surface area (Å²) in [5.41, 5.74) is 8.68. The number of amides is 2. The Bertz CT molecular complexity index is 322. The van der Waals surface area contributed by atoms with Crippen LogP contribution < -0.4 is 5.32 Å². The van der Waals surface area contributed by atoms with E-state index in [0.717, 1.165) is 0 Å². The number of carbonyl (C=O) groups is 2. The van der Waals surface area contributed by atoms with Crippen molar-refractivity contribution in [2.75, 3.05) is 0 Å². The summed E-state index contributed by atoms with van der Waals surface area (Å²) in [4.78, 5) is 24.0. The SMILES string of the molecule is CC1=C(C(=O)N=[N+]=[N-])CC(=O)N1. The van der Waals surface area contributed by atoms with E-state index >= 15 is 0 Å². The zero-order valence-electron chi connectivity index (χ0n) is 6.37. The average molecular weight is 166 g/mol. The van der Waals surface area contributed by atoms with E-state index in [1.807, 2.05) is 0 Å². The maximum absolute atomic E-state index is 10.9. The van der Waals surface area contributed by atoms with E-state index in [-0.39, 0.29) is 17.9 Å². The number of nitrogens with one attached hydrogen (secondary N) is 1. The van der Waals surface area contributed by atoms with Gasteiger partial charge in [0.1, 0.15) is 0 Å². The summed E-state index contributed by atoms with van der Waals surface area (Å²) >= 11 is 0. The Morgan fingerprint density at radius 2 is 2.42 bits per heavy atom. The molecular weight excluding hydrogens is 160 g/mol. The molecular formula is C6H6N4O2. The van der Waals surface area contributed by atoms with Gasteiger partial charge >= 0.3 is 0 Å². The number of azide groups is 1. The molecule has 0 fully saturated rings. The van der Waals surface area contributed by atoms with E-state index in [2.05, 4.69) is 15.3 Å². The molecule has 0 saturated heterocycles. The molecule has 1 aliphatic heterocycles. The van der Waals surface area contributed by atoms with Crippen LogP contribution in [-0.2, 0) is 9.59 Å². The second-order valence-electron chi connectivity index (χ2n) is 2.32. The Hall–Kier alpha value is -1.81. The van der Waals surface area contributed by atoms with Gasteiger partial charge in [-0.25, -0.2) is 0 Å². The van der Waals surface area contributed by atoms with Gasteiger partial charge in [0.15, 0.2) is 0 Å². The fourth-order valence-electron chi connectivity index (χ4n) is 0.959. The lowest BCUT2D eigenvalue weighted by Crippen LogP contribution is -2.12. The normalized spacial score (nSPS) is 15.6. The van der Waals surface area contributed by atoms with Crippen molar-refractivity contribution in [2.24, 2.45) is 5.11 Å². The fraction of sp³-hybridized carbons (Fsp3) is 0.333. The molecule has 6 nitrogen and oxygen atoms in total. The largest absolute Gasteiger partial charge is 0.329 e. The highest BCUT2D eigenvalue weighted by molar-refractivity contribution is 6.03. The third-order valence-corrected chi connectivity index (χ3v) is 1.51. The summed E-state index contributed by atoms with van der Waals surface area (Å²) in [6.45, 7) is 1.59. The van der Waals surface area contributed by atoms with Crippen molar-refractivity contribution >= 4 is 11.8 Å². The van der Waals surface area contributed by atoms with Gasteiger partial charge in [-0.2, -0.15) is 0 Å². The number of carbonyl (C=O) groups excluding carboxylic acids is 2. The summed E-state index contributed by atoms with van der Waals surface area (Å²) in [5.74, 6) is -0.933. The van der Waals surface area contributed by atoms with E-state index in [0.29, 0.717) is 5.70 Å². The van der Waals surface area contributed by atoms with Crippen LogP contribution in [-0.4, -0.2) is 11.8 Å². The van der Waals surface area contributed by atoms with Crippen LogP contribution in [0.3, 0.4) is 0 Å². The van der Waals surface area contributed by atoms with E-state index in [4.69, 9.17) is 5.53 Å². The molecule has 0 aliphatic carbocycles. The van der Waals surface area contributed by atoms with Crippen molar-refractivity contribution in [1.29, 1.82) is 0 Å². The van der Waals surface area contributed by atoms with Gasteiger partial charge in [0.2, 0.25) is 11.8 Å². The average Bonchev–Trinajstić information content (AvgIpc) is 2.30. The van der Waals surface area contributed by atoms with Crippen LogP contribution in [0.15, 0.2) is 16.4 Å². The van der Waals surface area contributed by atoms with E-state index in [1.165, 1.54) is 0 Å². The molecule has 2 amide bonds. The highest BCUT2D eigenvalue weighted by Gasteiger charge is 2.22. The fourth-order valence-corrected chi connectivity index (χ4v) is 0.959. The van der Waals surface area contributed by atoms with E-state index in [9.17, 15) is 9.59 Å². The van der Waals surface area contributed by atoms with Gasteiger partial charge in [0.25, 0.3) is 0 Å². The predicted octanol–water partition coefficient (Wildman–Crippen LogP) is 0.617. The lowest BCUT2D eigenvalue weighted by Gasteiger charge is -1.92. The number of allylic oxidation sites excluding steroid dienone is 1. The van der Waals surface area contributed by atoms with Crippen LogP contribution in [0, 0.1) is 0 Å². The summed E-state index contributed by atoms with van der Waals surface area (Å²) in [6, 6.07) is 0. The highest BCUT2D eigenvalue weighted by Crippen LogP contribution is 2.15. The molecule has 1 rings (SSSR count). The zero-order valence-corrected chi connectivity index (χ0v) is 6.37. The first-order valence-electron chi connectivity index (χ1n) is 3.24. The van der Waals surface area contributed by atoms with E-state index < -0.39 is 5.91 Å². The molecule has 6 heteroatoms. The number of hydrogen-bond acceptors (Lipinski definition) is 2. The molecule has 0 aromatic carbocycles. The van der Waals surface area contributed by atoms with Crippen molar-refractivity contribution in [3.63, 3.8) is 0 Å². The molecule has 12 heavy (non-hydrogen) atoms. The molecule has 0 aromatic rings. The Kier molecular flexibility index (Phi) is 2.11. The Balaban J connectivity index is 2.89. The minimum atomic E-state index is -0.687. The van der Waals surface area contributed by atoms with Crippen molar-refractivity contribution < 1.29 is 9.59 Å². The number of hydrogen-bond donors (Lipinski definition) is 1. The van der Waals surface area contributed by atoms with Gasteiger partial charge in [0, 0.05) is 16.2 Å². The molecule has 62 valence electrons. The molecule has 1 N–H and O–H groups in total. The monoisotopic (exact) mass is 166 g/mol. The second-order valence-corrected chi connectivity index (χ2v) is 2.32. The number of nitrogens with zero attached hydrogens (tertiary/aromatic N) is 3. The second kappa shape index (κ2) is 3.06. The minimum absolute atomic E-state index is 0.00366. The van der Waals surface area contributed by atoms with Gasteiger partial charge in [-0.15, -0.1) is 0 Å². The molecule has 0 atom stereocenters.